The summed E-state index contributed by atoms with van der Waals surface area (Å²) in [6.07, 6.45) is 12.1. The minimum Gasteiger partial charge on any atom is -0.494 e. The zero-order valence-corrected chi connectivity index (χ0v) is 26.2. The first-order valence-corrected chi connectivity index (χ1v) is 20.8. The molecule has 0 fully saturated rings. The van der Waals surface area contributed by atoms with Crippen LogP contribution in [-0.2, 0) is 10.5 Å². The number of aryl methyl sites for hydroxylation is 1. The van der Waals surface area contributed by atoms with Crippen molar-refractivity contribution in [3.63, 3.8) is 0 Å². The van der Waals surface area contributed by atoms with Crippen LogP contribution in [-0.4, -0.2) is 29.2 Å². The molecule has 0 aliphatic carbocycles. The van der Waals surface area contributed by atoms with Crippen LogP contribution in [0.25, 0.3) is 0 Å². The van der Waals surface area contributed by atoms with Crippen molar-refractivity contribution in [2.75, 3.05) is 6.61 Å². The topological polar surface area (TPSA) is 44.8 Å². The summed E-state index contributed by atoms with van der Waals surface area (Å²) in [7, 11) is -2.98. The molecule has 0 amide bonds. The van der Waals surface area contributed by atoms with Crippen molar-refractivity contribution in [3.05, 3.63) is 59.7 Å². The van der Waals surface area contributed by atoms with Gasteiger partial charge in [-0.2, -0.15) is 0 Å². The monoisotopic (exact) mass is 542 g/mol. The van der Waals surface area contributed by atoms with E-state index in [2.05, 4.69) is 39.7 Å². The first-order chi connectivity index (χ1) is 17.6. The maximum Gasteiger partial charge on any atom is 0.343 e. The highest BCUT2D eigenvalue weighted by atomic mass is 28.4. The van der Waals surface area contributed by atoms with E-state index in [-0.39, 0.29) is 5.97 Å². The van der Waals surface area contributed by atoms with Gasteiger partial charge in [-0.1, -0.05) is 64.0 Å². The number of esters is 1. The van der Waals surface area contributed by atoms with Crippen molar-refractivity contribution >= 4 is 22.6 Å². The van der Waals surface area contributed by atoms with E-state index in [1.54, 1.807) is 12.1 Å². The molecule has 0 radical (unpaired) electrons. The number of hydrogen-bond acceptors (Lipinski definition) is 4. The van der Waals surface area contributed by atoms with E-state index in [1.807, 2.05) is 36.4 Å². The van der Waals surface area contributed by atoms with Gasteiger partial charge in [0.15, 0.2) is 16.6 Å². The Balaban J connectivity index is 1.67. The average molecular weight is 543 g/mol. The Morgan fingerprint density at radius 3 is 1.95 bits per heavy atom. The number of benzene rings is 2. The summed E-state index contributed by atoms with van der Waals surface area (Å²) in [5, 5.41) is 0. The van der Waals surface area contributed by atoms with E-state index in [0.29, 0.717) is 11.3 Å². The average Bonchev–Trinajstić information content (AvgIpc) is 2.83. The van der Waals surface area contributed by atoms with Crippen LogP contribution in [0.4, 0.5) is 0 Å². The summed E-state index contributed by atoms with van der Waals surface area (Å²) >= 11 is 0. The summed E-state index contributed by atoms with van der Waals surface area (Å²) in [6.45, 7) is 14.5. The lowest BCUT2D eigenvalue weighted by Crippen LogP contribution is -2.42. The van der Waals surface area contributed by atoms with Crippen molar-refractivity contribution < 1.29 is 18.4 Å². The van der Waals surface area contributed by atoms with E-state index in [9.17, 15) is 4.79 Å². The number of rotatable bonds is 18. The fourth-order valence-corrected chi connectivity index (χ4v) is 12.7. The Morgan fingerprint density at radius 2 is 1.30 bits per heavy atom. The second kappa shape index (κ2) is 16.2. The predicted molar refractivity (Wildman–Crippen MR) is 161 cm³/mol. The van der Waals surface area contributed by atoms with Gasteiger partial charge in [-0.25, -0.2) is 4.79 Å². The third-order valence-corrected chi connectivity index (χ3v) is 12.5. The molecule has 4 nitrogen and oxygen atoms in total. The molecule has 0 spiro atoms. The highest BCUT2D eigenvalue weighted by Gasteiger charge is 2.28. The van der Waals surface area contributed by atoms with Crippen molar-refractivity contribution in [3.8, 4) is 11.5 Å². The summed E-state index contributed by atoms with van der Waals surface area (Å²) in [4.78, 5) is 12.6. The van der Waals surface area contributed by atoms with Crippen LogP contribution in [0.15, 0.2) is 48.5 Å². The smallest absolute Gasteiger partial charge is 0.343 e. The zero-order chi connectivity index (χ0) is 27.2. The Bertz CT molecular complexity index is 902. The lowest BCUT2D eigenvalue weighted by molar-refractivity contribution is 0.0734. The van der Waals surface area contributed by atoms with Gasteiger partial charge in [-0.3, -0.25) is 0 Å². The number of ether oxygens (including phenoxy) is 2. The highest BCUT2D eigenvalue weighted by Crippen LogP contribution is 2.22. The van der Waals surface area contributed by atoms with Gasteiger partial charge >= 0.3 is 5.97 Å². The lowest BCUT2D eigenvalue weighted by Gasteiger charge is -2.31. The van der Waals surface area contributed by atoms with E-state index >= 15 is 0 Å². The molecule has 0 saturated carbocycles. The highest BCUT2D eigenvalue weighted by molar-refractivity contribution is 6.84. The first-order valence-electron chi connectivity index (χ1n) is 14.3. The Kier molecular flexibility index (Phi) is 13.7. The maximum absolute atomic E-state index is 12.6. The van der Waals surface area contributed by atoms with Gasteiger partial charge in [-0.15, -0.1) is 0 Å². The van der Waals surface area contributed by atoms with Crippen molar-refractivity contribution in [2.45, 2.75) is 110 Å². The van der Waals surface area contributed by atoms with Gasteiger partial charge in [-0.05, 0) is 100 Å². The van der Waals surface area contributed by atoms with Crippen LogP contribution in [0.3, 0.4) is 0 Å². The molecule has 2 aromatic rings. The number of unbranched alkanes of at least 4 members (excludes halogenated alkanes) is 7. The third kappa shape index (κ3) is 14.0. The molecule has 37 heavy (non-hydrogen) atoms. The molecule has 0 N–H and O–H groups in total. The fourth-order valence-electron chi connectivity index (χ4n) is 4.59. The number of hydrogen-bond donors (Lipinski definition) is 0. The molecule has 0 aliphatic heterocycles. The Hall–Kier alpha value is -1.90. The van der Waals surface area contributed by atoms with E-state index in [0.717, 1.165) is 31.6 Å². The first kappa shape index (κ1) is 31.3. The molecule has 206 valence electrons. The molecule has 0 aromatic heterocycles. The minimum atomic E-state index is -1.53. The number of carbonyl (C=O) groups is 1. The molecular weight excluding hydrogens is 493 g/mol. The van der Waals surface area contributed by atoms with Gasteiger partial charge in [0.2, 0.25) is 0 Å². The summed E-state index contributed by atoms with van der Waals surface area (Å²) in [5.74, 6) is 1.01. The van der Waals surface area contributed by atoms with E-state index in [1.165, 1.54) is 56.6 Å². The molecule has 0 heterocycles. The largest absolute Gasteiger partial charge is 0.494 e. The zero-order valence-electron chi connectivity index (χ0n) is 24.2. The van der Waals surface area contributed by atoms with Crippen molar-refractivity contribution in [1.29, 1.82) is 0 Å². The molecular formula is C31H50O4Si2. The van der Waals surface area contributed by atoms with Crippen molar-refractivity contribution in [1.82, 2.24) is 0 Å². The van der Waals surface area contributed by atoms with Gasteiger partial charge < -0.3 is 13.6 Å². The van der Waals surface area contributed by atoms with Gasteiger partial charge in [0.25, 0.3) is 0 Å². The molecule has 0 bridgehead atoms. The summed E-state index contributed by atoms with van der Waals surface area (Å²) < 4.78 is 17.8. The lowest BCUT2D eigenvalue weighted by atomic mass is 10.1. The SMILES string of the molecule is CCCCCCCCOc1ccc(OC(=O)c2ccc(CCCCC[Si](C)(C)O[Si](C)(C)C)cc2)cc1. The summed E-state index contributed by atoms with van der Waals surface area (Å²) in [6, 6.07) is 16.4. The standard InChI is InChI=1S/C31H50O4Si2/c1-7-8-9-10-11-14-25-33-29-21-23-30(24-22-29)34-31(32)28-19-17-27(18-20-28)16-13-12-15-26-37(5,6)35-36(2,3)4/h17-24H,7-16,25-26H2,1-6H3. The Morgan fingerprint density at radius 1 is 0.703 bits per heavy atom. The maximum atomic E-state index is 12.6. The van der Waals surface area contributed by atoms with Crippen LogP contribution in [0.1, 0.15) is 80.6 Å². The summed E-state index contributed by atoms with van der Waals surface area (Å²) in [5.41, 5.74) is 1.83. The molecule has 0 atom stereocenters. The van der Waals surface area contributed by atoms with Gasteiger partial charge in [0, 0.05) is 0 Å². The van der Waals surface area contributed by atoms with E-state index < -0.39 is 16.6 Å². The molecule has 0 aliphatic rings. The second-order valence-electron chi connectivity index (χ2n) is 11.7. The van der Waals surface area contributed by atoms with E-state index in [4.69, 9.17) is 13.6 Å². The number of carbonyl (C=O) groups excluding carboxylic acids is 1. The Labute approximate surface area is 228 Å². The second-order valence-corrected chi connectivity index (χ2v) is 20.8. The normalized spacial score (nSPS) is 11.9. The van der Waals surface area contributed by atoms with Crippen molar-refractivity contribution in [2.24, 2.45) is 0 Å². The molecule has 0 unspecified atom stereocenters. The quantitative estimate of drug-likeness (QED) is 0.0814. The van der Waals surface area contributed by atoms with Crippen LogP contribution >= 0.6 is 0 Å². The van der Waals surface area contributed by atoms with Crippen LogP contribution < -0.4 is 9.47 Å². The molecule has 2 rings (SSSR count). The molecule has 6 heteroatoms. The third-order valence-electron chi connectivity index (χ3n) is 6.32. The van der Waals surface area contributed by atoms with Crippen LogP contribution in [0.5, 0.6) is 11.5 Å². The minimum absolute atomic E-state index is 0.332. The van der Waals surface area contributed by atoms with Gasteiger partial charge in [0.05, 0.1) is 12.2 Å². The van der Waals surface area contributed by atoms with Crippen LogP contribution in [0.2, 0.25) is 38.8 Å². The fraction of sp³-hybridized carbons (Fsp3) is 0.581. The predicted octanol–water partition coefficient (Wildman–Crippen LogP) is 9.41. The molecule has 2 aromatic carbocycles. The molecule has 0 saturated heterocycles. The van der Waals surface area contributed by atoms with Gasteiger partial charge in [0.1, 0.15) is 11.5 Å². The van der Waals surface area contributed by atoms with Crippen LogP contribution in [0, 0.1) is 0 Å².